The van der Waals surface area contributed by atoms with Gasteiger partial charge >= 0.3 is 0 Å². The van der Waals surface area contributed by atoms with Crippen LogP contribution < -0.4 is 15.0 Å². The number of hydrogen-bond acceptors (Lipinski definition) is 3. The summed E-state index contributed by atoms with van der Waals surface area (Å²) in [6.07, 6.45) is 3.92. The molecule has 0 amide bonds. The Bertz CT molecular complexity index is 1280. The first-order chi connectivity index (χ1) is 16.1. The lowest BCUT2D eigenvalue weighted by atomic mass is 10.00. The van der Waals surface area contributed by atoms with Crippen LogP contribution in [0.5, 0.6) is 5.75 Å². The third kappa shape index (κ3) is 3.87. The quantitative estimate of drug-likeness (QED) is 0.393. The van der Waals surface area contributed by atoms with Crippen molar-refractivity contribution in [2.24, 2.45) is 0 Å². The van der Waals surface area contributed by atoms with E-state index in [2.05, 4.69) is 88.3 Å². The van der Waals surface area contributed by atoms with Crippen molar-refractivity contribution in [3.05, 3.63) is 108 Å². The molecule has 1 saturated heterocycles. The molecule has 2 aromatic carbocycles. The van der Waals surface area contributed by atoms with Crippen LogP contribution >= 0.6 is 12.2 Å². The van der Waals surface area contributed by atoms with Crippen LogP contribution in [0.2, 0.25) is 0 Å². The first-order valence-corrected chi connectivity index (χ1v) is 11.4. The van der Waals surface area contributed by atoms with E-state index in [1.807, 2.05) is 30.5 Å². The average molecular weight is 455 g/mol. The molecule has 166 valence electrons. The van der Waals surface area contributed by atoms with E-state index in [4.69, 9.17) is 17.0 Å². The maximum absolute atomic E-state index is 5.88. The van der Waals surface area contributed by atoms with Crippen LogP contribution in [-0.4, -0.2) is 21.8 Å². The van der Waals surface area contributed by atoms with Crippen molar-refractivity contribution >= 4 is 23.0 Å². The zero-order valence-corrected chi connectivity index (χ0v) is 19.7. The lowest BCUT2D eigenvalue weighted by Gasteiger charge is -2.29. The number of aryl methyl sites for hydroxylation is 2. The number of aromatic nitrogens is 2. The monoisotopic (exact) mass is 454 g/mol. The predicted molar refractivity (Wildman–Crippen MR) is 136 cm³/mol. The molecule has 5 rings (SSSR count). The van der Waals surface area contributed by atoms with Gasteiger partial charge in [-0.05, 0) is 97.9 Å². The minimum atomic E-state index is -0.0905. The van der Waals surface area contributed by atoms with Gasteiger partial charge in [0.1, 0.15) is 11.8 Å². The van der Waals surface area contributed by atoms with E-state index in [9.17, 15) is 0 Å². The first-order valence-electron chi connectivity index (χ1n) is 11.0. The number of thiocarbonyl (C=S) groups is 1. The molecule has 0 saturated carbocycles. The van der Waals surface area contributed by atoms with Gasteiger partial charge < -0.3 is 19.5 Å². The van der Waals surface area contributed by atoms with Gasteiger partial charge in [-0.2, -0.15) is 0 Å². The molecule has 4 aromatic rings. The van der Waals surface area contributed by atoms with Crippen molar-refractivity contribution in [1.29, 1.82) is 0 Å². The van der Waals surface area contributed by atoms with Crippen molar-refractivity contribution in [3.8, 4) is 11.4 Å². The van der Waals surface area contributed by atoms with E-state index in [0.717, 1.165) is 28.5 Å². The Morgan fingerprint density at radius 1 is 0.909 bits per heavy atom. The van der Waals surface area contributed by atoms with Crippen LogP contribution in [0, 0.1) is 13.8 Å². The summed E-state index contributed by atoms with van der Waals surface area (Å²) in [4.78, 5) is 6.88. The summed E-state index contributed by atoms with van der Waals surface area (Å²) in [6, 6.07) is 24.7. The number of nitrogens with one attached hydrogen (secondary N) is 1. The number of benzene rings is 2. The molecule has 0 bridgehead atoms. The third-order valence-corrected chi connectivity index (χ3v) is 6.62. The SMILES string of the molecule is COc1ccc(-n2cccc2[C@H]2[C@H](c3ccccn3)NC(=S)N2c2ccc(C)c(C)c2)cc1. The zero-order chi connectivity index (χ0) is 22.9. The van der Waals surface area contributed by atoms with E-state index >= 15 is 0 Å². The maximum atomic E-state index is 5.88. The van der Waals surface area contributed by atoms with Crippen LogP contribution in [0.15, 0.2) is 85.2 Å². The molecule has 0 unspecified atom stereocenters. The fourth-order valence-corrected chi connectivity index (χ4v) is 4.77. The second kappa shape index (κ2) is 8.71. The lowest BCUT2D eigenvalue weighted by Crippen LogP contribution is -2.30. The first kappa shape index (κ1) is 21.2. The van der Waals surface area contributed by atoms with Crippen molar-refractivity contribution < 1.29 is 4.74 Å². The molecule has 1 aliphatic heterocycles. The van der Waals surface area contributed by atoms with Gasteiger partial charge in [-0.1, -0.05) is 12.1 Å². The highest BCUT2D eigenvalue weighted by molar-refractivity contribution is 7.80. The number of rotatable bonds is 5. The van der Waals surface area contributed by atoms with Gasteiger partial charge in [-0.3, -0.25) is 4.98 Å². The largest absolute Gasteiger partial charge is 0.497 e. The van der Waals surface area contributed by atoms with Crippen molar-refractivity contribution in [3.63, 3.8) is 0 Å². The minimum Gasteiger partial charge on any atom is -0.497 e. The second-order valence-corrected chi connectivity index (χ2v) is 8.65. The highest BCUT2D eigenvalue weighted by Crippen LogP contribution is 2.42. The number of pyridine rings is 1. The molecule has 5 nitrogen and oxygen atoms in total. The molecule has 6 heteroatoms. The third-order valence-electron chi connectivity index (χ3n) is 6.30. The Labute approximate surface area is 199 Å². The topological polar surface area (TPSA) is 42.3 Å². The summed E-state index contributed by atoms with van der Waals surface area (Å²) in [7, 11) is 1.68. The Morgan fingerprint density at radius 3 is 2.39 bits per heavy atom. The molecular weight excluding hydrogens is 428 g/mol. The zero-order valence-electron chi connectivity index (χ0n) is 18.9. The van der Waals surface area contributed by atoms with Gasteiger partial charge in [-0.25, -0.2) is 0 Å². The molecule has 0 radical (unpaired) electrons. The summed E-state index contributed by atoms with van der Waals surface area (Å²) in [5.41, 5.74) is 6.71. The summed E-state index contributed by atoms with van der Waals surface area (Å²) in [6.45, 7) is 4.26. The standard InChI is InChI=1S/C27H26N4OS/c1-18-9-10-21(17-19(18)2)31-26(25(29-27(31)33)23-7-4-5-15-28-23)24-8-6-16-30(24)20-11-13-22(32-3)14-12-20/h4-17,25-26H,1-3H3,(H,29,33)/t25-,26-/m0/s1. The fraction of sp³-hybridized carbons (Fsp3) is 0.185. The Morgan fingerprint density at radius 2 is 1.70 bits per heavy atom. The summed E-state index contributed by atoms with van der Waals surface area (Å²) in [5.74, 6) is 0.833. The number of hydrogen-bond donors (Lipinski definition) is 1. The van der Waals surface area contributed by atoms with Crippen molar-refractivity contribution in [1.82, 2.24) is 14.9 Å². The van der Waals surface area contributed by atoms with Crippen molar-refractivity contribution in [2.75, 3.05) is 12.0 Å². The number of anilines is 1. The fourth-order valence-electron chi connectivity index (χ4n) is 4.42. The Hall–Kier alpha value is -3.64. The molecule has 2 atom stereocenters. The van der Waals surface area contributed by atoms with Crippen LogP contribution in [0.25, 0.3) is 5.69 Å². The number of ether oxygens (including phenoxy) is 1. The van der Waals surface area contributed by atoms with Gasteiger partial charge in [-0.15, -0.1) is 0 Å². The second-order valence-electron chi connectivity index (χ2n) is 8.27. The molecule has 2 aromatic heterocycles. The number of methoxy groups -OCH3 is 1. The van der Waals surface area contributed by atoms with Gasteiger partial charge in [0, 0.05) is 29.5 Å². The predicted octanol–water partition coefficient (Wildman–Crippen LogP) is 5.67. The number of nitrogens with zero attached hydrogens (tertiary/aromatic N) is 3. The molecule has 3 heterocycles. The highest BCUT2D eigenvalue weighted by atomic mass is 32.1. The van der Waals surface area contributed by atoms with Crippen molar-refractivity contribution in [2.45, 2.75) is 25.9 Å². The van der Waals surface area contributed by atoms with E-state index in [-0.39, 0.29) is 12.1 Å². The van der Waals surface area contributed by atoms with Crippen LogP contribution in [-0.2, 0) is 0 Å². The molecular formula is C27H26N4OS. The molecule has 1 N–H and O–H groups in total. The van der Waals surface area contributed by atoms with Gasteiger partial charge in [0.2, 0.25) is 0 Å². The van der Waals surface area contributed by atoms with E-state index in [0.29, 0.717) is 5.11 Å². The lowest BCUT2D eigenvalue weighted by molar-refractivity contribution is 0.414. The maximum Gasteiger partial charge on any atom is 0.174 e. The summed E-state index contributed by atoms with van der Waals surface area (Å²) < 4.78 is 7.56. The molecule has 0 spiro atoms. The Kier molecular flexibility index (Phi) is 5.60. The Balaban J connectivity index is 1.65. The van der Waals surface area contributed by atoms with E-state index in [1.165, 1.54) is 11.1 Å². The van der Waals surface area contributed by atoms with E-state index in [1.54, 1.807) is 7.11 Å². The van der Waals surface area contributed by atoms with Gasteiger partial charge in [0.15, 0.2) is 5.11 Å². The van der Waals surface area contributed by atoms with Gasteiger partial charge in [0.05, 0.1) is 18.8 Å². The van der Waals surface area contributed by atoms with Gasteiger partial charge in [0.25, 0.3) is 0 Å². The highest BCUT2D eigenvalue weighted by Gasteiger charge is 2.42. The van der Waals surface area contributed by atoms with Crippen LogP contribution in [0.1, 0.15) is 34.6 Å². The molecule has 33 heavy (non-hydrogen) atoms. The normalized spacial score (nSPS) is 17.8. The molecule has 1 aliphatic rings. The molecule has 0 aliphatic carbocycles. The summed E-state index contributed by atoms with van der Waals surface area (Å²) in [5, 5.41) is 4.25. The van der Waals surface area contributed by atoms with Crippen LogP contribution in [0.4, 0.5) is 5.69 Å². The molecule has 1 fully saturated rings. The van der Waals surface area contributed by atoms with Crippen LogP contribution in [0.3, 0.4) is 0 Å². The van der Waals surface area contributed by atoms with E-state index < -0.39 is 0 Å². The smallest absolute Gasteiger partial charge is 0.174 e. The minimum absolute atomic E-state index is 0.0772. The average Bonchev–Trinajstić information content (AvgIpc) is 3.46. The summed E-state index contributed by atoms with van der Waals surface area (Å²) >= 11 is 5.88.